The number of nitrogens with zero attached hydrogens (tertiary/aromatic N) is 2. The summed E-state index contributed by atoms with van der Waals surface area (Å²) < 4.78 is 40.0. The van der Waals surface area contributed by atoms with Gasteiger partial charge in [-0.2, -0.15) is 0 Å². The van der Waals surface area contributed by atoms with Crippen LogP contribution in [-0.4, -0.2) is 24.9 Å². The van der Waals surface area contributed by atoms with E-state index in [0.29, 0.717) is 12.2 Å². The third-order valence-electron chi connectivity index (χ3n) is 3.64. The molecule has 3 aromatic rings. The molecule has 0 radical (unpaired) electrons. The molecular weight excluding hydrogens is 377 g/mol. The number of halogens is 2. The topological polar surface area (TPSA) is 72.0 Å². The van der Waals surface area contributed by atoms with Crippen LogP contribution in [0.5, 0.6) is 0 Å². The van der Waals surface area contributed by atoms with Crippen molar-refractivity contribution in [2.45, 2.75) is 11.3 Å². The average molecular weight is 392 g/mol. The highest BCUT2D eigenvalue weighted by Gasteiger charge is 2.15. The molecule has 134 valence electrons. The first-order chi connectivity index (χ1) is 12.5. The van der Waals surface area contributed by atoms with Crippen LogP contribution in [0.3, 0.4) is 0 Å². The van der Waals surface area contributed by atoms with Crippen molar-refractivity contribution in [2.24, 2.45) is 0 Å². The normalized spacial score (nSPS) is 11.5. The third kappa shape index (κ3) is 4.43. The number of aromatic nitrogens is 2. The maximum Gasteiger partial charge on any atom is 0.240 e. The number of hydrogen-bond acceptors (Lipinski definition) is 4. The van der Waals surface area contributed by atoms with E-state index in [4.69, 9.17) is 11.6 Å². The molecule has 0 aliphatic carbocycles. The molecule has 0 saturated carbocycles. The number of benzene rings is 2. The van der Waals surface area contributed by atoms with E-state index >= 15 is 0 Å². The average Bonchev–Trinajstić information content (AvgIpc) is 2.65. The van der Waals surface area contributed by atoms with Crippen molar-refractivity contribution in [3.05, 3.63) is 77.3 Å². The minimum Gasteiger partial charge on any atom is -0.236 e. The minimum absolute atomic E-state index is 0.0837. The van der Waals surface area contributed by atoms with Gasteiger partial charge in [0, 0.05) is 24.5 Å². The number of hydrogen-bond donors (Lipinski definition) is 1. The molecule has 3 rings (SSSR count). The molecular formula is C18H15ClFN3O2S. The molecule has 0 unspecified atom stereocenters. The van der Waals surface area contributed by atoms with Crippen LogP contribution in [0.15, 0.2) is 65.8 Å². The lowest BCUT2D eigenvalue weighted by Gasteiger charge is -2.08. The van der Waals surface area contributed by atoms with Crippen LogP contribution in [0.2, 0.25) is 5.02 Å². The van der Waals surface area contributed by atoms with Crippen molar-refractivity contribution in [3.63, 3.8) is 0 Å². The number of nitrogens with one attached hydrogen (secondary N) is 1. The first-order valence-electron chi connectivity index (χ1n) is 7.77. The summed E-state index contributed by atoms with van der Waals surface area (Å²) in [7, 11) is -3.76. The zero-order chi connectivity index (χ0) is 18.6. The molecule has 1 heterocycles. The van der Waals surface area contributed by atoms with Crippen LogP contribution in [0.4, 0.5) is 4.39 Å². The van der Waals surface area contributed by atoms with Gasteiger partial charge >= 0.3 is 0 Å². The summed E-state index contributed by atoms with van der Waals surface area (Å²) in [6.45, 7) is 0.158. The van der Waals surface area contributed by atoms with Gasteiger partial charge in [-0.15, -0.1) is 0 Å². The van der Waals surface area contributed by atoms with Crippen molar-refractivity contribution >= 4 is 21.6 Å². The second-order valence-corrected chi connectivity index (χ2v) is 7.68. The summed E-state index contributed by atoms with van der Waals surface area (Å²) in [6.07, 6.45) is 3.75. The highest BCUT2D eigenvalue weighted by atomic mass is 35.5. The zero-order valence-electron chi connectivity index (χ0n) is 13.6. The largest absolute Gasteiger partial charge is 0.240 e. The first-order valence-corrected chi connectivity index (χ1v) is 9.63. The fourth-order valence-corrected chi connectivity index (χ4v) is 3.58. The Labute approximate surface area is 155 Å². The predicted molar refractivity (Wildman–Crippen MR) is 97.8 cm³/mol. The molecule has 0 spiro atoms. The maximum absolute atomic E-state index is 13.2. The standard InChI is InChI=1S/C18H15ClFN3O2S/c19-16-10-15(6-7-17(16)20)26(24,25)23-9-8-13-11-21-18(22-12-13)14-4-2-1-3-5-14/h1-7,10-12,23H,8-9H2. The molecule has 26 heavy (non-hydrogen) atoms. The van der Waals surface area contributed by atoms with Crippen LogP contribution in [-0.2, 0) is 16.4 Å². The summed E-state index contributed by atoms with van der Waals surface area (Å²) >= 11 is 5.63. The molecule has 0 aliphatic heterocycles. The van der Waals surface area contributed by atoms with E-state index < -0.39 is 15.8 Å². The molecule has 0 aliphatic rings. The van der Waals surface area contributed by atoms with E-state index in [2.05, 4.69) is 14.7 Å². The van der Waals surface area contributed by atoms with Crippen molar-refractivity contribution in [2.75, 3.05) is 6.54 Å². The molecule has 5 nitrogen and oxygen atoms in total. The first kappa shape index (κ1) is 18.4. The molecule has 1 aromatic heterocycles. The smallest absolute Gasteiger partial charge is 0.236 e. The third-order valence-corrected chi connectivity index (χ3v) is 5.39. The Morgan fingerprint density at radius 1 is 1.04 bits per heavy atom. The lowest BCUT2D eigenvalue weighted by molar-refractivity contribution is 0.580. The van der Waals surface area contributed by atoms with Gasteiger partial charge in [-0.05, 0) is 30.2 Å². The van der Waals surface area contributed by atoms with E-state index in [0.717, 1.165) is 23.3 Å². The molecule has 0 atom stereocenters. The molecule has 1 N–H and O–H groups in total. The predicted octanol–water partition coefficient (Wildman–Crippen LogP) is 3.46. The highest BCUT2D eigenvalue weighted by molar-refractivity contribution is 7.89. The van der Waals surface area contributed by atoms with E-state index in [1.54, 1.807) is 12.4 Å². The molecule has 8 heteroatoms. The Kier molecular flexibility index (Phi) is 5.61. The minimum atomic E-state index is -3.76. The summed E-state index contributed by atoms with van der Waals surface area (Å²) in [5, 5.41) is -0.238. The van der Waals surface area contributed by atoms with Gasteiger partial charge in [0.1, 0.15) is 5.82 Å². The Bertz CT molecular complexity index is 997. The van der Waals surface area contributed by atoms with Gasteiger partial charge in [-0.1, -0.05) is 41.9 Å². The van der Waals surface area contributed by atoms with Crippen LogP contribution in [0.25, 0.3) is 11.4 Å². The molecule has 0 amide bonds. The van der Waals surface area contributed by atoms with Gasteiger partial charge in [0.25, 0.3) is 0 Å². The van der Waals surface area contributed by atoms with E-state index in [1.165, 1.54) is 6.07 Å². The second-order valence-electron chi connectivity index (χ2n) is 5.50. The van der Waals surface area contributed by atoms with Crippen LogP contribution < -0.4 is 4.72 Å². The Balaban J connectivity index is 1.61. The summed E-state index contributed by atoms with van der Waals surface area (Å²) in [5.41, 5.74) is 1.71. The van der Waals surface area contributed by atoms with Crippen molar-refractivity contribution < 1.29 is 12.8 Å². The summed E-state index contributed by atoms with van der Waals surface area (Å²) in [5.74, 6) is -0.0582. The Morgan fingerprint density at radius 3 is 2.38 bits per heavy atom. The van der Waals surface area contributed by atoms with E-state index in [-0.39, 0.29) is 16.5 Å². The van der Waals surface area contributed by atoms with Crippen LogP contribution in [0, 0.1) is 5.82 Å². The van der Waals surface area contributed by atoms with Crippen molar-refractivity contribution in [3.8, 4) is 11.4 Å². The van der Waals surface area contributed by atoms with E-state index in [9.17, 15) is 12.8 Å². The molecule has 0 fully saturated rings. The number of rotatable bonds is 6. The second kappa shape index (κ2) is 7.90. The fourth-order valence-electron chi connectivity index (χ4n) is 2.28. The monoisotopic (exact) mass is 391 g/mol. The van der Waals surface area contributed by atoms with Crippen LogP contribution in [0.1, 0.15) is 5.56 Å². The van der Waals surface area contributed by atoms with E-state index in [1.807, 2.05) is 30.3 Å². The van der Waals surface area contributed by atoms with Gasteiger partial charge in [0.05, 0.1) is 9.92 Å². The van der Waals surface area contributed by atoms with Gasteiger partial charge in [-0.3, -0.25) is 0 Å². The highest BCUT2D eigenvalue weighted by Crippen LogP contribution is 2.19. The van der Waals surface area contributed by atoms with Gasteiger partial charge in [-0.25, -0.2) is 27.5 Å². The fraction of sp³-hybridized carbons (Fsp3) is 0.111. The zero-order valence-corrected chi connectivity index (χ0v) is 15.1. The SMILES string of the molecule is O=S(=O)(NCCc1cnc(-c2ccccc2)nc1)c1ccc(F)c(Cl)c1. The van der Waals surface area contributed by atoms with Crippen molar-refractivity contribution in [1.82, 2.24) is 14.7 Å². The Morgan fingerprint density at radius 2 is 1.73 bits per heavy atom. The van der Waals surface area contributed by atoms with Crippen LogP contribution >= 0.6 is 11.6 Å². The molecule has 2 aromatic carbocycles. The van der Waals surface area contributed by atoms with Gasteiger partial charge < -0.3 is 0 Å². The van der Waals surface area contributed by atoms with Gasteiger partial charge in [0.15, 0.2) is 5.82 Å². The summed E-state index contributed by atoms with van der Waals surface area (Å²) in [6, 6.07) is 12.8. The van der Waals surface area contributed by atoms with Gasteiger partial charge in [0.2, 0.25) is 10.0 Å². The number of sulfonamides is 1. The van der Waals surface area contributed by atoms with Crippen molar-refractivity contribution in [1.29, 1.82) is 0 Å². The quantitative estimate of drug-likeness (QED) is 0.698. The lowest BCUT2D eigenvalue weighted by Crippen LogP contribution is -2.26. The molecule has 0 bridgehead atoms. The Hall–Kier alpha value is -2.35. The lowest BCUT2D eigenvalue weighted by atomic mass is 10.2. The summed E-state index contributed by atoms with van der Waals surface area (Å²) in [4.78, 5) is 8.51. The molecule has 0 saturated heterocycles. The maximum atomic E-state index is 13.2.